The summed E-state index contributed by atoms with van der Waals surface area (Å²) >= 11 is 0. The average molecular weight is 389 g/mol. The number of aryl methyl sites for hydroxylation is 2. The number of nitrogens with zero attached hydrogens (tertiary/aromatic N) is 1. The van der Waals surface area contributed by atoms with Crippen LogP contribution in [0.2, 0.25) is 0 Å². The summed E-state index contributed by atoms with van der Waals surface area (Å²) in [6, 6.07) is 16.3. The standard InChI is InChI=1S/C23H23N3O3/c1-14-7-17(12-27)8-15(2)23(14)29-22-10-21(20(25)9-18(22)13-28)26-19-5-3-16(11-24)4-6-19/h3-10,26-28H,12-13,25H2,1-2H3. The Kier molecular flexibility index (Phi) is 6.03. The molecule has 3 aromatic carbocycles. The molecule has 3 aromatic rings. The molecule has 0 aliphatic rings. The highest BCUT2D eigenvalue weighted by Crippen LogP contribution is 2.37. The molecule has 0 amide bonds. The smallest absolute Gasteiger partial charge is 0.135 e. The number of ether oxygens (including phenoxy) is 1. The molecule has 0 atom stereocenters. The molecule has 0 heterocycles. The maximum Gasteiger partial charge on any atom is 0.135 e. The second kappa shape index (κ2) is 8.65. The summed E-state index contributed by atoms with van der Waals surface area (Å²) in [6.07, 6.45) is 0. The minimum atomic E-state index is -0.219. The number of anilines is 3. The van der Waals surface area contributed by atoms with Crippen LogP contribution in [0.25, 0.3) is 0 Å². The molecule has 6 nitrogen and oxygen atoms in total. The summed E-state index contributed by atoms with van der Waals surface area (Å²) in [6.45, 7) is 3.56. The molecular weight excluding hydrogens is 366 g/mol. The van der Waals surface area contributed by atoms with Crippen LogP contribution in [0.4, 0.5) is 17.1 Å². The largest absolute Gasteiger partial charge is 0.456 e. The van der Waals surface area contributed by atoms with Gasteiger partial charge in [-0.1, -0.05) is 12.1 Å². The van der Waals surface area contributed by atoms with Crippen LogP contribution < -0.4 is 15.8 Å². The Morgan fingerprint density at radius 2 is 1.66 bits per heavy atom. The third-order valence-electron chi connectivity index (χ3n) is 4.61. The fourth-order valence-corrected chi connectivity index (χ4v) is 3.16. The van der Waals surface area contributed by atoms with Gasteiger partial charge in [-0.15, -0.1) is 0 Å². The molecule has 0 aromatic heterocycles. The zero-order chi connectivity index (χ0) is 21.0. The van der Waals surface area contributed by atoms with Gasteiger partial charge in [0.05, 0.1) is 36.2 Å². The lowest BCUT2D eigenvalue weighted by molar-refractivity contribution is 0.276. The first-order chi connectivity index (χ1) is 13.9. The van der Waals surface area contributed by atoms with E-state index in [1.54, 1.807) is 36.4 Å². The topological polar surface area (TPSA) is 112 Å². The molecule has 0 bridgehead atoms. The zero-order valence-corrected chi connectivity index (χ0v) is 16.4. The lowest BCUT2D eigenvalue weighted by Crippen LogP contribution is -2.02. The van der Waals surface area contributed by atoms with Crippen molar-refractivity contribution < 1.29 is 14.9 Å². The van der Waals surface area contributed by atoms with Gasteiger partial charge in [0.2, 0.25) is 0 Å². The van der Waals surface area contributed by atoms with Crippen molar-refractivity contribution in [1.82, 2.24) is 0 Å². The van der Waals surface area contributed by atoms with E-state index in [1.165, 1.54) is 0 Å². The van der Waals surface area contributed by atoms with E-state index in [2.05, 4.69) is 11.4 Å². The summed E-state index contributed by atoms with van der Waals surface area (Å²) < 4.78 is 6.15. The number of aliphatic hydroxyl groups is 2. The van der Waals surface area contributed by atoms with Crippen molar-refractivity contribution in [2.45, 2.75) is 27.1 Å². The van der Waals surface area contributed by atoms with Crippen LogP contribution in [0, 0.1) is 25.2 Å². The zero-order valence-electron chi connectivity index (χ0n) is 16.4. The van der Waals surface area contributed by atoms with Gasteiger partial charge in [-0.3, -0.25) is 0 Å². The number of nitrogens with one attached hydrogen (secondary N) is 1. The van der Waals surface area contributed by atoms with Crippen LogP contribution in [-0.4, -0.2) is 10.2 Å². The van der Waals surface area contributed by atoms with Crippen molar-refractivity contribution in [1.29, 1.82) is 5.26 Å². The monoisotopic (exact) mass is 389 g/mol. The first-order valence-corrected chi connectivity index (χ1v) is 9.14. The quantitative estimate of drug-likeness (QED) is 0.468. The van der Waals surface area contributed by atoms with Gasteiger partial charge in [-0.25, -0.2) is 0 Å². The summed E-state index contributed by atoms with van der Waals surface area (Å²) in [5, 5.41) is 31.3. The first kappa shape index (κ1) is 20.2. The van der Waals surface area contributed by atoms with Gasteiger partial charge in [0.15, 0.2) is 0 Å². The number of rotatable bonds is 6. The van der Waals surface area contributed by atoms with E-state index < -0.39 is 0 Å². The molecule has 5 N–H and O–H groups in total. The van der Waals surface area contributed by atoms with Crippen LogP contribution in [-0.2, 0) is 13.2 Å². The van der Waals surface area contributed by atoms with Gasteiger partial charge in [-0.2, -0.15) is 5.26 Å². The number of nitrogens with two attached hydrogens (primary N) is 1. The first-order valence-electron chi connectivity index (χ1n) is 9.14. The Bertz CT molecular complexity index is 1050. The number of nitrogen functional groups attached to an aromatic ring is 1. The Hall–Kier alpha value is -3.53. The maximum absolute atomic E-state index is 9.76. The van der Waals surface area contributed by atoms with Gasteiger partial charge in [-0.05, 0) is 60.9 Å². The van der Waals surface area contributed by atoms with Crippen LogP contribution >= 0.6 is 0 Å². The van der Waals surface area contributed by atoms with E-state index in [0.29, 0.717) is 34.0 Å². The molecule has 0 saturated heterocycles. The number of nitriles is 1. The van der Waals surface area contributed by atoms with Crippen molar-refractivity contribution in [3.8, 4) is 17.6 Å². The lowest BCUT2D eigenvalue weighted by atomic mass is 10.1. The lowest BCUT2D eigenvalue weighted by Gasteiger charge is -2.18. The molecule has 0 unspecified atom stereocenters. The number of benzene rings is 3. The highest BCUT2D eigenvalue weighted by molar-refractivity contribution is 5.75. The molecule has 0 spiro atoms. The maximum atomic E-state index is 9.76. The van der Waals surface area contributed by atoms with E-state index >= 15 is 0 Å². The van der Waals surface area contributed by atoms with E-state index in [1.807, 2.05) is 26.0 Å². The SMILES string of the molecule is Cc1cc(CO)cc(C)c1Oc1cc(Nc2ccc(C#N)cc2)c(N)cc1CO. The van der Waals surface area contributed by atoms with Gasteiger partial charge >= 0.3 is 0 Å². The van der Waals surface area contributed by atoms with Crippen LogP contribution in [0.15, 0.2) is 48.5 Å². The molecule has 148 valence electrons. The van der Waals surface area contributed by atoms with E-state index in [0.717, 1.165) is 22.4 Å². The Morgan fingerprint density at radius 3 is 2.21 bits per heavy atom. The van der Waals surface area contributed by atoms with E-state index in [-0.39, 0.29) is 13.2 Å². The molecule has 0 radical (unpaired) electrons. The number of aliphatic hydroxyl groups excluding tert-OH is 2. The van der Waals surface area contributed by atoms with Crippen LogP contribution in [0.1, 0.15) is 27.8 Å². The molecule has 3 rings (SSSR count). The predicted octanol–water partition coefficient (Wildman–Crippen LogP) is 4.28. The number of hydrogen-bond acceptors (Lipinski definition) is 6. The summed E-state index contributed by atoms with van der Waals surface area (Å²) in [7, 11) is 0. The van der Waals surface area contributed by atoms with Gasteiger partial charge in [0.1, 0.15) is 11.5 Å². The van der Waals surface area contributed by atoms with Crippen molar-refractivity contribution >= 4 is 17.1 Å². The highest BCUT2D eigenvalue weighted by atomic mass is 16.5. The van der Waals surface area contributed by atoms with Crippen molar-refractivity contribution in [3.63, 3.8) is 0 Å². The van der Waals surface area contributed by atoms with E-state index in [9.17, 15) is 10.2 Å². The normalized spacial score (nSPS) is 10.4. The predicted molar refractivity (Wildman–Crippen MR) is 113 cm³/mol. The second-order valence-corrected chi connectivity index (χ2v) is 6.84. The molecule has 0 aliphatic heterocycles. The fraction of sp³-hybridized carbons (Fsp3) is 0.174. The minimum Gasteiger partial charge on any atom is -0.456 e. The second-order valence-electron chi connectivity index (χ2n) is 6.84. The molecule has 0 saturated carbocycles. The van der Waals surface area contributed by atoms with Crippen molar-refractivity contribution in [3.05, 3.63) is 76.3 Å². The minimum absolute atomic E-state index is 0.0373. The average Bonchev–Trinajstić information content (AvgIpc) is 2.72. The molecular formula is C23H23N3O3. The highest BCUT2D eigenvalue weighted by Gasteiger charge is 2.14. The summed E-state index contributed by atoms with van der Waals surface area (Å²) in [5.41, 5.74) is 11.7. The summed E-state index contributed by atoms with van der Waals surface area (Å²) in [4.78, 5) is 0. The van der Waals surface area contributed by atoms with Gasteiger partial charge in [0, 0.05) is 17.3 Å². The molecule has 6 heteroatoms. The third kappa shape index (κ3) is 4.49. The molecule has 29 heavy (non-hydrogen) atoms. The van der Waals surface area contributed by atoms with Gasteiger partial charge in [0.25, 0.3) is 0 Å². The van der Waals surface area contributed by atoms with Gasteiger partial charge < -0.3 is 26.0 Å². The fourth-order valence-electron chi connectivity index (χ4n) is 3.16. The Labute approximate surface area is 169 Å². The van der Waals surface area contributed by atoms with Crippen molar-refractivity contribution in [2.24, 2.45) is 0 Å². The molecule has 0 aliphatic carbocycles. The number of hydrogen-bond donors (Lipinski definition) is 4. The van der Waals surface area contributed by atoms with E-state index in [4.69, 9.17) is 15.7 Å². The summed E-state index contributed by atoms with van der Waals surface area (Å²) in [5.74, 6) is 1.16. The molecule has 0 fully saturated rings. The Balaban J connectivity index is 1.96. The van der Waals surface area contributed by atoms with Crippen LogP contribution in [0.5, 0.6) is 11.5 Å². The van der Waals surface area contributed by atoms with Crippen LogP contribution in [0.3, 0.4) is 0 Å². The van der Waals surface area contributed by atoms with Crippen molar-refractivity contribution in [2.75, 3.05) is 11.1 Å². The Morgan fingerprint density at radius 1 is 1.00 bits per heavy atom. The third-order valence-corrected chi connectivity index (χ3v) is 4.61.